The summed E-state index contributed by atoms with van der Waals surface area (Å²) in [7, 11) is 1.25. The molecule has 8 nitrogen and oxygen atoms in total. The molecule has 11 heteroatoms. The van der Waals surface area contributed by atoms with Crippen molar-refractivity contribution < 1.29 is 23.0 Å². The van der Waals surface area contributed by atoms with Crippen molar-refractivity contribution in [2.24, 2.45) is 7.05 Å². The third kappa shape index (κ3) is 4.36. The third-order valence-electron chi connectivity index (χ3n) is 7.47. The number of aryl methyl sites for hydroxylation is 2. The topological polar surface area (TPSA) is 88.3 Å². The fourth-order valence-corrected chi connectivity index (χ4v) is 5.35. The van der Waals surface area contributed by atoms with Crippen LogP contribution in [-0.4, -0.2) is 67.7 Å². The molecule has 0 aliphatic carbocycles. The lowest BCUT2D eigenvalue weighted by Gasteiger charge is -2.43. The Bertz CT molecular complexity index is 1240. The van der Waals surface area contributed by atoms with Crippen LogP contribution in [0, 0.1) is 6.92 Å². The number of likely N-dealkylation sites (tertiary alicyclic amines) is 1. The molecule has 2 aliphatic heterocycles. The van der Waals surface area contributed by atoms with Gasteiger partial charge in [0.2, 0.25) is 5.95 Å². The summed E-state index contributed by atoms with van der Waals surface area (Å²) in [6, 6.07) is 4.06. The van der Waals surface area contributed by atoms with Gasteiger partial charge in [-0.2, -0.15) is 18.3 Å². The highest BCUT2D eigenvalue weighted by molar-refractivity contribution is 5.81. The van der Waals surface area contributed by atoms with Gasteiger partial charge in [0.1, 0.15) is 0 Å². The number of aromatic nitrogens is 4. The zero-order chi connectivity index (χ0) is 25.0. The summed E-state index contributed by atoms with van der Waals surface area (Å²) in [6.45, 7) is 6.75. The maximum Gasteiger partial charge on any atom is 0.435 e. The number of rotatable bonds is 4. The lowest BCUT2D eigenvalue weighted by molar-refractivity contribution is -0.143. The highest BCUT2D eigenvalue weighted by Gasteiger charge is 2.45. The molecule has 0 spiro atoms. The van der Waals surface area contributed by atoms with Crippen molar-refractivity contribution in [2.75, 3.05) is 31.6 Å². The highest BCUT2D eigenvalue weighted by atomic mass is 19.4. The number of aliphatic hydroxyl groups is 1. The molecule has 2 N–H and O–H groups in total. The van der Waals surface area contributed by atoms with Gasteiger partial charge >= 0.3 is 6.18 Å². The molecule has 2 atom stereocenters. The SMILES string of the molecule is Cc1cc2cnc(Nc3cnn(C)c3C(F)(F)F)nc2cc1C1CCN([C@]2(C)COCC2O)CC1. The van der Waals surface area contributed by atoms with Crippen molar-refractivity contribution in [2.45, 2.75) is 50.4 Å². The Balaban J connectivity index is 1.37. The predicted molar refractivity (Wildman–Crippen MR) is 125 cm³/mol. The molecule has 2 aromatic heterocycles. The summed E-state index contributed by atoms with van der Waals surface area (Å²) in [5.74, 6) is 0.420. The third-order valence-corrected chi connectivity index (χ3v) is 7.47. The summed E-state index contributed by atoms with van der Waals surface area (Å²) in [5.41, 5.74) is 1.58. The second kappa shape index (κ2) is 8.72. The van der Waals surface area contributed by atoms with E-state index in [0.717, 1.165) is 47.8 Å². The van der Waals surface area contributed by atoms with Gasteiger partial charge in [-0.1, -0.05) is 0 Å². The van der Waals surface area contributed by atoms with Gasteiger partial charge in [-0.3, -0.25) is 9.58 Å². The number of alkyl halides is 3. The number of hydrogen-bond acceptors (Lipinski definition) is 7. The number of halogens is 3. The van der Waals surface area contributed by atoms with Crippen molar-refractivity contribution in [1.82, 2.24) is 24.6 Å². The summed E-state index contributed by atoms with van der Waals surface area (Å²) in [6.07, 6.45) is -0.415. The van der Waals surface area contributed by atoms with E-state index < -0.39 is 18.0 Å². The van der Waals surface area contributed by atoms with Gasteiger partial charge in [0.05, 0.1) is 42.3 Å². The molecule has 0 radical (unpaired) electrons. The normalized spacial score (nSPS) is 24.4. The van der Waals surface area contributed by atoms with Gasteiger partial charge in [0, 0.05) is 18.6 Å². The highest BCUT2D eigenvalue weighted by Crippen LogP contribution is 2.38. The Morgan fingerprint density at radius 1 is 1.20 bits per heavy atom. The Morgan fingerprint density at radius 3 is 2.60 bits per heavy atom. The molecule has 3 aromatic rings. The zero-order valence-corrected chi connectivity index (χ0v) is 19.9. The molecule has 4 heterocycles. The number of aliphatic hydroxyl groups excluding tert-OH is 1. The first kappa shape index (κ1) is 24.0. The fourth-order valence-electron chi connectivity index (χ4n) is 5.35. The Hall–Kier alpha value is -2.76. The molecule has 35 heavy (non-hydrogen) atoms. The number of fused-ring (bicyclic) bond motifs is 1. The number of piperidine rings is 1. The number of nitrogens with one attached hydrogen (secondary N) is 1. The molecule has 0 bridgehead atoms. The lowest BCUT2D eigenvalue weighted by Crippen LogP contribution is -2.56. The molecule has 188 valence electrons. The Labute approximate surface area is 201 Å². The van der Waals surface area contributed by atoms with Crippen LogP contribution < -0.4 is 5.32 Å². The second-order valence-electron chi connectivity index (χ2n) is 9.76. The average molecular weight is 491 g/mol. The molecule has 1 aromatic carbocycles. The molecule has 2 fully saturated rings. The van der Waals surface area contributed by atoms with Gasteiger partial charge < -0.3 is 15.2 Å². The molecule has 0 amide bonds. The number of anilines is 2. The van der Waals surface area contributed by atoms with Gasteiger partial charge in [0.25, 0.3) is 0 Å². The first-order valence-corrected chi connectivity index (χ1v) is 11.7. The fraction of sp³-hybridized carbons (Fsp3) is 0.542. The van der Waals surface area contributed by atoms with E-state index in [1.165, 1.54) is 12.6 Å². The predicted octanol–water partition coefficient (Wildman–Crippen LogP) is 3.76. The monoisotopic (exact) mass is 490 g/mol. The van der Waals surface area contributed by atoms with Crippen LogP contribution in [0.4, 0.5) is 24.8 Å². The van der Waals surface area contributed by atoms with Gasteiger partial charge in [-0.05, 0) is 69.0 Å². The molecule has 2 saturated heterocycles. The number of hydrogen-bond donors (Lipinski definition) is 2. The van der Waals surface area contributed by atoms with Crippen molar-refractivity contribution >= 4 is 22.5 Å². The van der Waals surface area contributed by atoms with Crippen LogP contribution in [0.5, 0.6) is 0 Å². The first-order chi connectivity index (χ1) is 16.6. The van der Waals surface area contributed by atoms with Crippen LogP contribution in [-0.2, 0) is 18.0 Å². The van der Waals surface area contributed by atoms with Crippen LogP contribution in [0.1, 0.15) is 42.5 Å². The summed E-state index contributed by atoms with van der Waals surface area (Å²) >= 11 is 0. The van der Waals surface area contributed by atoms with Gasteiger partial charge in [-0.15, -0.1) is 0 Å². The molecular weight excluding hydrogens is 461 g/mol. The van der Waals surface area contributed by atoms with Crippen molar-refractivity contribution in [3.63, 3.8) is 0 Å². The van der Waals surface area contributed by atoms with E-state index in [1.54, 1.807) is 6.20 Å². The average Bonchev–Trinajstić information content (AvgIpc) is 3.35. The van der Waals surface area contributed by atoms with E-state index in [2.05, 4.69) is 39.1 Å². The Kier molecular flexibility index (Phi) is 5.97. The van der Waals surface area contributed by atoms with Crippen molar-refractivity contribution in [3.8, 4) is 0 Å². The molecular formula is C24H29F3N6O2. The van der Waals surface area contributed by atoms with Crippen LogP contribution in [0.3, 0.4) is 0 Å². The largest absolute Gasteiger partial charge is 0.435 e. The minimum atomic E-state index is -4.55. The summed E-state index contributed by atoms with van der Waals surface area (Å²) in [5, 5.41) is 17.6. The van der Waals surface area contributed by atoms with E-state index in [1.807, 2.05) is 12.1 Å². The second-order valence-corrected chi connectivity index (χ2v) is 9.76. The van der Waals surface area contributed by atoms with Crippen molar-refractivity contribution in [1.29, 1.82) is 0 Å². The minimum absolute atomic E-state index is 0.0868. The number of nitrogens with zero attached hydrogens (tertiary/aromatic N) is 5. The standard InChI is InChI=1S/C24H29F3N6O2/c1-14-8-16-10-28-22(31-19-11-29-32(3)21(19)24(25,26)27)30-18(16)9-17(14)15-4-6-33(7-5-15)23(2)13-35-12-20(23)34/h8-11,15,20,34H,4-7,12-13H2,1-3H3,(H,28,30,31)/t20?,23-/m1/s1. The number of benzene rings is 1. The maximum atomic E-state index is 13.4. The maximum absolute atomic E-state index is 13.4. The number of ether oxygens (including phenoxy) is 1. The van der Waals surface area contributed by atoms with Crippen LogP contribution >= 0.6 is 0 Å². The van der Waals surface area contributed by atoms with Crippen LogP contribution in [0.15, 0.2) is 24.5 Å². The quantitative estimate of drug-likeness (QED) is 0.576. The van der Waals surface area contributed by atoms with E-state index >= 15 is 0 Å². The molecule has 2 aliphatic rings. The van der Waals surface area contributed by atoms with E-state index in [0.29, 0.717) is 24.6 Å². The van der Waals surface area contributed by atoms with E-state index in [-0.39, 0.29) is 17.2 Å². The van der Waals surface area contributed by atoms with Crippen LogP contribution in [0.2, 0.25) is 0 Å². The van der Waals surface area contributed by atoms with Gasteiger partial charge in [-0.25, -0.2) is 9.97 Å². The lowest BCUT2D eigenvalue weighted by atomic mass is 9.84. The zero-order valence-electron chi connectivity index (χ0n) is 19.9. The van der Waals surface area contributed by atoms with E-state index in [4.69, 9.17) is 4.74 Å². The first-order valence-electron chi connectivity index (χ1n) is 11.7. The van der Waals surface area contributed by atoms with Gasteiger partial charge in [0.15, 0.2) is 5.69 Å². The van der Waals surface area contributed by atoms with Crippen LogP contribution in [0.25, 0.3) is 10.9 Å². The molecule has 5 rings (SSSR count). The smallest absolute Gasteiger partial charge is 0.389 e. The Morgan fingerprint density at radius 2 is 1.94 bits per heavy atom. The van der Waals surface area contributed by atoms with E-state index in [9.17, 15) is 18.3 Å². The minimum Gasteiger partial charge on any atom is -0.389 e. The summed E-state index contributed by atoms with van der Waals surface area (Å²) in [4.78, 5) is 11.1. The molecule has 1 unspecified atom stereocenters. The summed E-state index contributed by atoms with van der Waals surface area (Å²) < 4.78 is 46.5. The van der Waals surface area contributed by atoms with Crippen molar-refractivity contribution in [3.05, 3.63) is 41.3 Å². The molecule has 0 saturated carbocycles.